The molecule has 0 N–H and O–H groups in total. The van der Waals surface area contributed by atoms with Crippen LogP contribution in [0.15, 0.2) is 42.5 Å². The van der Waals surface area contributed by atoms with Gasteiger partial charge in [-0.1, -0.05) is 59.6 Å². The monoisotopic (exact) mass is 340 g/mol. The number of halogens is 7. The molecule has 0 unspecified atom stereocenters. The lowest BCUT2D eigenvalue weighted by Crippen LogP contribution is -2.22. The van der Waals surface area contributed by atoms with Gasteiger partial charge in [0.15, 0.2) is 0 Å². The van der Waals surface area contributed by atoms with Crippen molar-refractivity contribution < 1.29 is 22.0 Å². The van der Waals surface area contributed by atoms with Crippen LogP contribution in [0.3, 0.4) is 0 Å². The summed E-state index contributed by atoms with van der Waals surface area (Å²) in [7, 11) is 0. The molecule has 2 aromatic carbocycles. The molecule has 0 aliphatic rings. The van der Waals surface area contributed by atoms with E-state index in [1.54, 1.807) is 0 Å². The van der Waals surface area contributed by atoms with Crippen molar-refractivity contribution in [1.29, 1.82) is 0 Å². The Bertz CT molecular complexity index is 650. The summed E-state index contributed by atoms with van der Waals surface area (Å²) in [6.07, 6.45) is -5.05. The van der Waals surface area contributed by atoms with Crippen LogP contribution in [0.5, 0.6) is 0 Å². The highest BCUT2D eigenvalue weighted by molar-refractivity contribution is 6.42. The van der Waals surface area contributed by atoms with E-state index >= 15 is 0 Å². The largest absolute Gasteiger partial charge is 0.418 e. The average molecular weight is 341 g/mol. The standard InChI is InChI=1S/C14H7Cl2F5/c15-10-7-6-9(11(12(10)16)14(19,20)21)13(17,18)8-4-2-1-3-5-8/h1-7H. The van der Waals surface area contributed by atoms with Gasteiger partial charge in [0.05, 0.1) is 15.6 Å². The quantitative estimate of drug-likeness (QED) is 0.575. The number of hydrogen-bond donors (Lipinski definition) is 0. The molecule has 0 heterocycles. The first kappa shape index (κ1) is 16.0. The molecule has 2 aromatic rings. The lowest BCUT2D eigenvalue weighted by Gasteiger charge is -2.23. The van der Waals surface area contributed by atoms with Crippen LogP contribution in [0.1, 0.15) is 16.7 Å². The van der Waals surface area contributed by atoms with E-state index in [2.05, 4.69) is 0 Å². The fourth-order valence-electron chi connectivity index (χ4n) is 1.89. The highest BCUT2D eigenvalue weighted by Gasteiger charge is 2.45. The van der Waals surface area contributed by atoms with Crippen LogP contribution in [-0.2, 0) is 12.1 Å². The Hall–Kier alpha value is -1.33. The van der Waals surface area contributed by atoms with Gasteiger partial charge in [-0.05, 0) is 6.07 Å². The minimum absolute atomic E-state index is 0.434. The molecule has 0 aliphatic carbocycles. The molecule has 0 aliphatic heterocycles. The topological polar surface area (TPSA) is 0 Å². The lowest BCUT2D eigenvalue weighted by molar-refractivity contribution is -0.140. The van der Waals surface area contributed by atoms with E-state index in [0.29, 0.717) is 6.07 Å². The summed E-state index contributed by atoms with van der Waals surface area (Å²) >= 11 is 11.0. The Morgan fingerprint density at radius 3 is 1.86 bits per heavy atom. The van der Waals surface area contributed by atoms with Crippen molar-refractivity contribution >= 4 is 23.2 Å². The molecule has 112 valence electrons. The molecule has 0 saturated heterocycles. The fourth-order valence-corrected chi connectivity index (χ4v) is 2.32. The highest BCUT2D eigenvalue weighted by atomic mass is 35.5. The molecule has 0 saturated carbocycles. The minimum Gasteiger partial charge on any atom is -0.196 e. The van der Waals surface area contributed by atoms with Gasteiger partial charge in [-0.2, -0.15) is 22.0 Å². The first-order chi connectivity index (χ1) is 9.65. The lowest BCUT2D eigenvalue weighted by atomic mass is 9.95. The van der Waals surface area contributed by atoms with E-state index in [1.807, 2.05) is 0 Å². The Morgan fingerprint density at radius 1 is 0.762 bits per heavy atom. The smallest absolute Gasteiger partial charge is 0.196 e. The van der Waals surface area contributed by atoms with Crippen LogP contribution < -0.4 is 0 Å². The third-order valence-corrected chi connectivity index (χ3v) is 3.66. The first-order valence-electron chi connectivity index (χ1n) is 5.64. The van der Waals surface area contributed by atoms with Crippen molar-refractivity contribution in [1.82, 2.24) is 0 Å². The molecular weight excluding hydrogens is 334 g/mol. The van der Waals surface area contributed by atoms with Crippen LogP contribution in [0.2, 0.25) is 10.0 Å². The second kappa shape index (κ2) is 5.46. The van der Waals surface area contributed by atoms with Gasteiger partial charge in [0, 0.05) is 11.1 Å². The molecule has 0 fully saturated rings. The molecule has 2 rings (SSSR count). The summed E-state index contributed by atoms with van der Waals surface area (Å²) in [5.74, 6) is -3.85. The summed E-state index contributed by atoms with van der Waals surface area (Å²) in [6.45, 7) is 0. The highest BCUT2D eigenvalue weighted by Crippen LogP contribution is 2.47. The zero-order valence-corrected chi connectivity index (χ0v) is 11.7. The van der Waals surface area contributed by atoms with Crippen molar-refractivity contribution in [2.75, 3.05) is 0 Å². The van der Waals surface area contributed by atoms with Gasteiger partial charge in [-0.3, -0.25) is 0 Å². The third kappa shape index (κ3) is 2.99. The van der Waals surface area contributed by atoms with Gasteiger partial charge < -0.3 is 0 Å². The SMILES string of the molecule is FC(F)(F)c1c(C(F)(F)c2ccccc2)ccc(Cl)c1Cl. The molecule has 7 heteroatoms. The summed E-state index contributed by atoms with van der Waals surface area (Å²) in [5, 5.41) is -1.37. The zero-order chi connectivity index (χ0) is 15.8. The minimum atomic E-state index is -5.05. The van der Waals surface area contributed by atoms with E-state index < -0.39 is 38.8 Å². The second-order valence-corrected chi connectivity index (χ2v) is 5.01. The number of benzene rings is 2. The van der Waals surface area contributed by atoms with Gasteiger partial charge in [0.2, 0.25) is 0 Å². The van der Waals surface area contributed by atoms with Crippen LogP contribution in [0.4, 0.5) is 22.0 Å². The average Bonchev–Trinajstić information content (AvgIpc) is 2.41. The number of rotatable bonds is 2. The molecule has 0 radical (unpaired) electrons. The maximum absolute atomic E-state index is 14.4. The van der Waals surface area contributed by atoms with Crippen LogP contribution in [0, 0.1) is 0 Å². The van der Waals surface area contributed by atoms with Crippen molar-refractivity contribution in [2.24, 2.45) is 0 Å². The molecule has 0 bridgehead atoms. The Kier molecular flexibility index (Phi) is 4.17. The second-order valence-electron chi connectivity index (χ2n) is 4.22. The predicted molar refractivity (Wildman–Crippen MR) is 70.9 cm³/mol. The van der Waals surface area contributed by atoms with E-state index in [4.69, 9.17) is 23.2 Å². The molecular formula is C14H7Cl2F5. The van der Waals surface area contributed by atoms with Gasteiger partial charge in [-0.15, -0.1) is 0 Å². The summed E-state index contributed by atoms with van der Waals surface area (Å²) in [6, 6.07) is 7.77. The number of alkyl halides is 5. The van der Waals surface area contributed by atoms with Crippen LogP contribution in [0.25, 0.3) is 0 Å². The van der Waals surface area contributed by atoms with Gasteiger partial charge in [-0.25, -0.2) is 0 Å². The van der Waals surface area contributed by atoms with Gasteiger partial charge in [0.1, 0.15) is 0 Å². The molecule has 0 nitrogen and oxygen atoms in total. The number of hydrogen-bond acceptors (Lipinski definition) is 0. The van der Waals surface area contributed by atoms with Crippen LogP contribution in [-0.4, -0.2) is 0 Å². The van der Waals surface area contributed by atoms with Crippen molar-refractivity contribution in [3.63, 3.8) is 0 Å². The Labute approximate surface area is 127 Å². The maximum Gasteiger partial charge on any atom is 0.418 e. The zero-order valence-electron chi connectivity index (χ0n) is 10.2. The summed E-state index contributed by atoms with van der Waals surface area (Å²) in [4.78, 5) is 0. The summed E-state index contributed by atoms with van der Waals surface area (Å²) < 4.78 is 68.0. The van der Waals surface area contributed by atoms with Crippen molar-refractivity contribution in [3.05, 3.63) is 69.2 Å². The first-order valence-corrected chi connectivity index (χ1v) is 6.40. The molecule has 21 heavy (non-hydrogen) atoms. The Morgan fingerprint density at radius 2 is 1.33 bits per heavy atom. The van der Waals surface area contributed by atoms with E-state index in [-0.39, 0.29) is 0 Å². The fraction of sp³-hybridized carbons (Fsp3) is 0.143. The maximum atomic E-state index is 14.4. The van der Waals surface area contributed by atoms with Gasteiger partial charge in [0.25, 0.3) is 5.92 Å². The molecule has 0 spiro atoms. The van der Waals surface area contributed by atoms with Crippen molar-refractivity contribution in [2.45, 2.75) is 12.1 Å². The van der Waals surface area contributed by atoms with E-state index in [9.17, 15) is 22.0 Å². The predicted octanol–water partition coefficient (Wildman–Crippen LogP) is 6.15. The normalized spacial score (nSPS) is 12.5. The van der Waals surface area contributed by atoms with Gasteiger partial charge >= 0.3 is 6.18 Å². The van der Waals surface area contributed by atoms with E-state index in [1.165, 1.54) is 18.2 Å². The molecule has 0 atom stereocenters. The van der Waals surface area contributed by atoms with Crippen molar-refractivity contribution in [3.8, 4) is 0 Å². The summed E-state index contributed by atoms with van der Waals surface area (Å²) in [5.41, 5.74) is -3.41. The third-order valence-electron chi connectivity index (χ3n) is 2.85. The molecule has 0 amide bonds. The van der Waals surface area contributed by atoms with E-state index in [0.717, 1.165) is 18.2 Å². The Balaban J connectivity index is 2.73. The van der Waals surface area contributed by atoms with Crippen LogP contribution >= 0.6 is 23.2 Å². The molecule has 0 aromatic heterocycles.